The van der Waals surface area contributed by atoms with Crippen LogP contribution in [-0.4, -0.2) is 29.3 Å². The van der Waals surface area contributed by atoms with Crippen LogP contribution in [0.3, 0.4) is 0 Å². The van der Waals surface area contributed by atoms with Gasteiger partial charge in [0.05, 0.1) is 12.0 Å². The molecule has 1 unspecified atom stereocenters. The van der Waals surface area contributed by atoms with E-state index < -0.39 is 0 Å². The van der Waals surface area contributed by atoms with E-state index in [4.69, 9.17) is 21.1 Å². The standard InChI is InChI=1S/C11H15ClN2O2/c1-8-9(5-12)6-13-11(14-8)16-7-10-3-2-4-15-10/h6,10H,2-5,7H2,1H3. The maximum absolute atomic E-state index is 5.72. The van der Waals surface area contributed by atoms with Crippen molar-refractivity contribution in [2.24, 2.45) is 0 Å². The summed E-state index contributed by atoms with van der Waals surface area (Å²) in [5.41, 5.74) is 1.80. The summed E-state index contributed by atoms with van der Waals surface area (Å²) in [6, 6.07) is 0.405. The number of ether oxygens (including phenoxy) is 2. The summed E-state index contributed by atoms with van der Waals surface area (Å²) >= 11 is 5.72. The number of alkyl halides is 1. The number of halogens is 1. The SMILES string of the molecule is Cc1nc(OCC2CCCO2)ncc1CCl. The Morgan fingerprint density at radius 1 is 1.62 bits per heavy atom. The molecule has 1 saturated heterocycles. The zero-order chi connectivity index (χ0) is 11.4. The number of aromatic nitrogens is 2. The zero-order valence-corrected chi connectivity index (χ0v) is 10.0. The van der Waals surface area contributed by atoms with E-state index in [9.17, 15) is 0 Å². The van der Waals surface area contributed by atoms with Gasteiger partial charge in [-0.05, 0) is 19.8 Å². The summed E-state index contributed by atoms with van der Waals surface area (Å²) in [7, 11) is 0. The lowest BCUT2D eigenvalue weighted by atomic mass is 10.2. The van der Waals surface area contributed by atoms with Gasteiger partial charge in [-0.1, -0.05) is 0 Å². The second-order valence-electron chi connectivity index (χ2n) is 3.84. The van der Waals surface area contributed by atoms with Gasteiger partial charge in [0.15, 0.2) is 0 Å². The number of hydrogen-bond acceptors (Lipinski definition) is 4. The first-order valence-corrected chi connectivity index (χ1v) is 5.96. The maximum atomic E-state index is 5.72. The van der Waals surface area contributed by atoms with Gasteiger partial charge in [0.2, 0.25) is 0 Å². The van der Waals surface area contributed by atoms with Crippen molar-refractivity contribution in [3.63, 3.8) is 0 Å². The first-order chi connectivity index (χ1) is 7.79. The third-order valence-corrected chi connectivity index (χ3v) is 2.91. The summed E-state index contributed by atoms with van der Waals surface area (Å²) in [6.07, 6.45) is 4.06. The fourth-order valence-corrected chi connectivity index (χ4v) is 1.88. The lowest BCUT2D eigenvalue weighted by Crippen LogP contribution is -2.17. The molecule has 0 amide bonds. The van der Waals surface area contributed by atoms with Crippen LogP contribution >= 0.6 is 11.6 Å². The third kappa shape index (κ3) is 2.83. The fraction of sp³-hybridized carbons (Fsp3) is 0.636. The Labute approximate surface area is 99.9 Å². The molecule has 1 aromatic rings. The van der Waals surface area contributed by atoms with E-state index in [1.807, 2.05) is 6.92 Å². The fourth-order valence-electron chi connectivity index (χ4n) is 1.61. The van der Waals surface area contributed by atoms with Gasteiger partial charge in [-0.2, -0.15) is 0 Å². The summed E-state index contributed by atoms with van der Waals surface area (Å²) in [4.78, 5) is 8.33. The van der Waals surface area contributed by atoms with Crippen LogP contribution < -0.4 is 4.74 Å². The highest BCUT2D eigenvalue weighted by Crippen LogP contribution is 2.14. The predicted molar refractivity (Wildman–Crippen MR) is 60.8 cm³/mol. The second kappa shape index (κ2) is 5.46. The molecule has 1 fully saturated rings. The Hall–Kier alpha value is -0.870. The van der Waals surface area contributed by atoms with Crippen LogP contribution in [-0.2, 0) is 10.6 Å². The van der Waals surface area contributed by atoms with E-state index in [0.29, 0.717) is 18.5 Å². The maximum Gasteiger partial charge on any atom is 0.316 e. The van der Waals surface area contributed by atoms with Crippen LogP contribution in [0.25, 0.3) is 0 Å². The van der Waals surface area contributed by atoms with Crippen LogP contribution in [0.1, 0.15) is 24.1 Å². The first-order valence-electron chi connectivity index (χ1n) is 5.42. The van der Waals surface area contributed by atoms with Gasteiger partial charge in [0, 0.05) is 24.1 Å². The molecule has 2 heterocycles. The average Bonchev–Trinajstić information content (AvgIpc) is 2.79. The Balaban J connectivity index is 1.91. The van der Waals surface area contributed by atoms with Crippen molar-refractivity contribution in [2.45, 2.75) is 31.7 Å². The molecule has 5 heteroatoms. The number of rotatable bonds is 4. The van der Waals surface area contributed by atoms with E-state index >= 15 is 0 Å². The van der Waals surface area contributed by atoms with Crippen LogP contribution in [0.15, 0.2) is 6.20 Å². The molecule has 0 N–H and O–H groups in total. The van der Waals surface area contributed by atoms with Crippen LogP contribution in [0, 0.1) is 6.92 Å². The molecule has 2 rings (SSSR count). The molecule has 1 aromatic heterocycles. The number of hydrogen-bond donors (Lipinski definition) is 0. The zero-order valence-electron chi connectivity index (χ0n) is 9.28. The van der Waals surface area contributed by atoms with Gasteiger partial charge in [0.25, 0.3) is 0 Å². The van der Waals surface area contributed by atoms with Crippen LogP contribution in [0.4, 0.5) is 0 Å². The van der Waals surface area contributed by atoms with Crippen molar-refractivity contribution in [2.75, 3.05) is 13.2 Å². The molecular formula is C11H15ClN2O2. The van der Waals surface area contributed by atoms with Crippen LogP contribution in [0.2, 0.25) is 0 Å². The minimum atomic E-state index is 0.191. The van der Waals surface area contributed by atoms with E-state index in [1.165, 1.54) is 0 Å². The molecule has 0 radical (unpaired) electrons. The number of aryl methyl sites for hydroxylation is 1. The first kappa shape index (κ1) is 11.6. The molecule has 16 heavy (non-hydrogen) atoms. The number of nitrogens with zero attached hydrogens (tertiary/aromatic N) is 2. The summed E-state index contributed by atoms with van der Waals surface area (Å²) in [5.74, 6) is 0.428. The molecule has 1 aliphatic heterocycles. The molecular weight excluding hydrogens is 228 g/mol. The van der Waals surface area contributed by atoms with Gasteiger partial charge in [-0.25, -0.2) is 9.97 Å². The minimum absolute atomic E-state index is 0.191. The van der Waals surface area contributed by atoms with Gasteiger partial charge < -0.3 is 9.47 Å². The van der Waals surface area contributed by atoms with Crippen LogP contribution in [0.5, 0.6) is 6.01 Å². The third-order valence-electron chi connectivity index (χ3n) is 2.63. The van der Waals surface area contributed by atoms with E-state index in [2.05, 4.69) is 9.97 Å². The Bertz CT molecular complexity index is 354. The molecule has 1 aliphatic rings. The monoisotopic (exact) mass is 242 g/mol. The van der Waals surface area contributed by atoms with E-state index in [-0.39, 0.29) is 6.10 Å². The average molecular weight is 243 g/mol. The Kier molecular flexibility index (Phi) is 3.96. The second-order valence-corrected chi connectivity index (χ2v) is 4.11. The van der Waals surface area contributed by atoms with Crippen molar-refractivity contribution in [1.29, 1.82) is 0 Å². The summed E-state index contributed by atoms with van der Waals surface area (Å²) in [6.45, 7) is 3.26. The quantitative estimate of drug-likeness (QED) is 0.759. The van der Waals surface area contributed by atoms with Crippen molar-refractivity contribution >= 4 is 11.6 Å². The molecule has 1 atom stereocenters. The van der Waals surface area contributed by atoms with Gasteiger partial charge >= 0.3 is 6.01 Å². The molecule has 0 aliphatic carbocycles. The Morgan fingerprint density at radius 2 is 2.50 bits per heavy atom. The smallest absolute Gasteiger partial charge is 0.316 e. The van der Waals surface area contributed by atoms with Gasteiger partial charge in [-0.15, -0.1) is 11.6 Å². The largest absolute Gasteiger partial charge is 0.461 e. The highest BCUT2D eigenvalue weighted by molar-refractivity contribution is 6.17. The highest BCUT2D eigenvalue weighted by Gasteiger charge is 2.16. The molecule has 0 aromatic carbocycles. The molecule has 0 spiro atoms. The minimum Gasteiger partial charge on any atom is -0.461 e. The molecule has 88 valence electrons. The van der Waals surface area contributed by atoms with Crippen molar-refractivity contribution in [1.82, 2.24) is 9.97 Å². The van der Waals surface area contributed by atoms with Gasteiger partial charge in [0.1, 0.15) is 6.61 Å². The molecule has 0 bridgehead atoms. The normalized spacial score (nSPS) is 20.0. The highest BCUT2D eigenvalue weighted by atomic mass is 35.5. The summed E-state index contributed by atoms with van der Waals surface area (Å²) in [5, 5.41) is 0. The lowest BCUT2D eigenvalue weighted by Gasteiger charge is -2.10. The topological polar surface area (TPSA) is 44.2 Å². The van der Waals surface area contributed by atoms with E-state index in [0.717, 1.165) is 30.7 Å². The Morgan fingerprint density at radius 3 is 3.12 bits per heavy atom. The van der Waals surface area contributed by atoms with Crippen molar-refractivity contribution in [3.05, 3.63) is 17.5 Å². The molecule has 4 nitrogen and oxygen atoms in total. The summed E-state index contributed by atoms with van der Waals surface area (Å²) < 4.78 is 10.9. The predicted octanol–water partition coefficient (Wildman–Crippen LogP) is 2.08. The van der Waals surface area contributed by atoms with Gasteiger partial charge in [-0.3, -0.25) is 0 Å². The van der Waals surface area contributed by atoms with Crippen molar-refractivity contribution in [3.8, 4) is 6.01 Å². The molecule has 0 saturated carbocycles. The van der Waals surface area contributed by atoms with Crippen molar-refractivity contribution < 1.29 is 9.47 Å². The van der Waals surface area contributed by atoms with E-state index in [1.54, 1.807) is 6.20 Å². The lowest BCUT2D eigenvalue weighted by molar-refractivity contribution is 0.0644.